The highest BCUT2D eigenvalue weighted by Gasteiger charge is 2.35. The van der Waals surface area contributed by atoms with Crippen molar-refractivity contribution < 1.29 is 19.2 Å². The van der Waals surface area contributed by atoms with Crippen molar-refractivity contribution in [3.63, 3.8) is 0 Å². The summed E-state index contributed by atoms with van der Waals surface area (Å²) in [6.07, 6.45) is 0.0787. The molecule has 0 aromatic heterocycles. The Bertz CT molecular complexity index is 1250. The first kappa shape index (κ1) is 23.9. The fourth-order valence-corrected chi connectivity index (χ4v) is 4.07. The SMILES string of the molecule is Cc1ccc(C(C)C)c(Oc2ccc(NC(=O)[C@@H]3CC(=O)N(c4ccc([N+](=O)[O-])cc4)C3)cc2)c1. The van der Waals surface area contributed by atoms with E-state index in [0.29, 0.717) is 23.0 Å². The summed E-state index contributed by atoms with van der Waals surface area (Å²) < 4.78 is 6.11. The first-order chi connectivity index (χ1) is 16.7. The van der Waals surface area contributed by atoms with E-state index in [1.807, 2.05) is 13.0 Å². The molecule has 0 radical (unpaired) electrons. The fraction of sp³-hybridized carbons (Fsp3) is 0.259. The Morgan fingerprint density at radius 1 is 1.09 bits per heavy atom. The van der Waals surface area contributed by atoms with Gasteiger partial charge in [0, 0.05) is 36.5 Å². The number of nitro groups is 1. The van der Waals surface area contributed by atoms with Crippen LogP contribution in [0.15, 0.2) is 66.7 Å². The first-order valence-electron chi connectivity index (χ1n) is 11.5. The van der Waals surface area contributed by atoms with Gasteiger partial charge in [0.1, 0.15) is 11.5 Å². The van der Waals surface area contributed by atoms with E-state index in [1.165, 1.54) is 29.2 Å². The largest absolute Gasteiger partial charge is 0.457 e. The van der Waals surface area contributed by atoms with Crippen LogP contribution in [0.3, 0.4) is 0 Å². The van der Waals surface area contributed by atoms with Crippen LogP contribution in [0.25, 0.3) is 0 Å². The van der Waals surface area contributed by atoms with Crippen molar-refractivity contribution in [1.29, 1.82) is 0 Å². The molecule has 1 aliphatic rings. The normalized spacial score (nSPS) is 15.4. The summed E-state index contributed by atoms with van der Waals surface area (Å²) in [4.78, 5) is 37.1. The number of benzene rings is 3. The van der Waals surface area contributed by atoms with Crippen LogP contribution in [-0.4, -0.2) is 23.3 Å². The molecule has 0 aliphatic carbocycles. The van der Waals surface area contributed by atoms with E-state index in [0.717, 1.165) is 16.9 Å². The Kier molecular flexibility index (Phi) is 6.82. The molecular formula is C27H27N3O5. The number of nitro benzene ring substituents is 1. The van der Waals surface area contributed by atoms with Crippen molar-refractivity contribution >= 4 is 28.9 Å². The van der Waals surface area contributed by atoms with Crippen molar-refractivity contribution in [2.45, 2.75) is 33.1 Å². The molecule has 1 atom stereocenters. The molecule has 0 saturated carbocycles. The molecule has 1 heterocycles. The van der Waals surface area contributed by atoms with Gasteiger partial charge in [-0.05, 0) is 66.4 Å². The van der Waals surface area contributed by atoms with E-state index in [-0.39, 0.29) is 30.5 Å². The Morgan fingerprint density at radius 3 is 2.40 bits per heavy atom. The van der Waals surface area contributed by atoms with E-state index in [2.05, 4.69) is 31.3 Å². The van der Waals surface area contributed by atoms with Crippen molar-refractivity contribution in [2.24, 2.45) is 5.92 Å². The second-order valence-electron chi connectivity index (χ2n) is 8.99. The maximum Gasteiger partial charge on any atom is 0.269 e. The van der Waals surface area contributed by atoms with Crippen LogP contribution in [0.4, 0.5) is 17.1 Å². The molecule has 1 saturated heterocycles. The van der Waals surface area contributed by atoms with E-state index in [1.54, 1.807) is 24.3 Å². The molecular weight excluding hydrogens is 446 g/mol. The predicted molar refractivity (Wildman–Crippen MR) is 134 cm³/mol. The minimum atomic E-state index is -0.519. The minimum Gasteiger partial charge on any atom is -0.457 e. The number of ether oxygens (including phenoxy) is 1. The van der Waals surface area contributed by atoms with Crippen LogP contribution < -0.4 is 15.0 Å². The molecule has 0 unspecified atom stereocenters. The summed E-state index contributed by atoms with van der Waals surface area (Å²) in [6.45, 7) is 6.47. The van der Waals surface area contributed by atoms with Gasteiger partial charge in [-0.2, -0.15) is 0 Å². The third-order valence-electron chi connectivity index (χ3n) is 6.01. The van der Waals surface area contributed by atoms with Crippen molar-refractivity contribution in [3.8, 4) is 11.5 Å². The number of hydrogen-bond acceptors (Lipinski definition) is 5. The lowest BCUT2D eigenvalue weighted by molar-refractivity contribution is -0.384. The smallest absolute Gasteiger partial charge is 0.269 e. The summed E-state index contributed by atoms with van der Waals surface area (Å²) in [7, 11) is 0. The topological polar surface area (TPSA) is 102 Å². The van der Waals surface area contributed by atoms with E-state index in [9.17, 15) is 19.7 Å². The average molecular weight is 474 g/mol. The highest BCUT2D eigenvalue weighted by molar-refractivity contribution is 6.03. The van der Waals surface area contributed by atoms with E-state index in [4.69, 9.17) is 4.74 Å². The molecule has 8 nitrogen and oxygen atoms in total. The number of nitrogens with one attached hydrogen (secondary N) is 1. The number of carbonyl (C=O) groups excluding carboxylic acids is 2. The zero-order valence-corrected chi connectivity index (χ0v) is 19.9. The van der Waals surface area contributed by atoms with Gasteiger partial charge in [0.2, 0.25) is 11.8 Å². The molecule has 180 valence electrons. The zero-order chi connectivity index (χ0) is 25.1. The molecule has 3 aromatic rings. The molecule has 2 amide bonds. The first-order valence-corrected chi connectivity index (χ1v) is 11.5. The van der Waals surface area contributed by atoms with Crippen molar-refractivity contribution in [3.05, 3.63) is 88.0 Å². The number of aryl methyl sites for hydroxylation is 1. The van der Waals surface area contributed by atoms with Crippen LogP contribution in [0, 0.1) is 23.0 Å². The standard InChI is InChI=1S/C27H27N3O5/c1-17(2)24-13-4-18(3)14-25(24)35-23-11-5-20(6-12-23)28-27(32)19-15-26(31)29(16-19)21-7-9-22(10-8-21)30(33)34/h4-14,17,19H,15-16H2,1-3H3,(H,28,32)/t19-/m1/s1. The van der Waals surface area contributed by atoms with Gasteiger partial charge >= 0.3 is 0 Å². The maximum absolute atomic E-state index is 12.8. The van der Waals surface area contributed by atoms with Crippen LogP contribution in [-0.2, 0) is 9.59 Å². The summed E-state index contributed by atoms with van der Waals surface area (Å²) in [6, 6.07) is 19.0. The van der Waals surface area contributed by atoms with Gasteiger partial charge in [-0.15, -0.1) is 0 Å². The molecule has 1 N–H and O–H groups in total. The van der Waals surface area contributed by atoms with Crippen molar-refractivity contribution in [2.75, 3.05) is 16.8 Å². The molecule has 0 bridgehead atoms. The van der Waals surface area contributed by atoms with Crippen molar-refractivity contribution in [1.82, 2.24) is 0 Å². The van der Waals surface area contributed by atoms with Crippen LogP contribution in [0.1, 0.15) is 37.3 Å². The molecule has 8 heteroatoms. The Balaban J connectivity index is 1.39. The number of amides is 2. The molecule has 1 aliphatic heterocycles. The summed E-state index contributed by atoms with van der Waals surface area (Å²) >= 11 is 0. The van der Waals surface area contributed by atoms with Gasteiger partial charge in [-0.3, -0.25) is 19.7 Å². The monoisotopic (exact) mass is 473 g/mol. The Morgan fingerprint density at radius 2 is 1.77 bits per heavy atom. The highest BCUT2D eigenvalue weighted by Crippen LogP contribution is 2.32. The number of rotatable bonds is 7. The minimum absolute atomic E-state index is 0.0510. The highest BCUT2D eigenvalue weighted by atomic mass is 16.6. The summed E-state index contributed by atoms with van der Waals surface area (Å²) in [5, 5.41) is 13.7. The lowest BCUT2D eigenvalue weighted by Gasteiger charge is -2.17. The maximum atomic E-state index is 12.8. The number of anilines is 2. The summed E-state index contributed by atoms with van der Waals surface area (Å²) in [5.41, 5.74) is 3.33. The van der Waals surface area contributed by atoms with Gasteiger partial charge in [0.15, 0.2) is 0 Å². The third-order valence-corrected chi connectivity index (χ3v) is 6.01. The molecule has 0 spiro atoms. The average Bonchev–Trinajstić information content (AvgIpc) is 3.22. The Labute approximate surface area is 203 Å². The second-order valence-corrected chi connectivity index (χ2v) is 8.99. The van der Waals surface area contributed by atoms with Crippen LogP contribution >= 0.6 is 0 Å². The molecule has 3 aromatic carbocycles. The Hall–Kier alpha value is -4.20. The quantitative estimate of drug-likeness (QED) is 0.345. The van der Waals surface area contributed by atoms with Gasteiger partial charge < -0.3 is 15.0 Å². The van der Waals surface area contributed by atoms with Gasteiger partial charge in [-0.1, -0.05) is 26.0 Å². The number of hydrogen-bond donors (Lipinski definition) is 1. The van der Waals surface area contributed by atoms with Gasteiger partial charge in [0.25, 0.3) is 5.69 Å². The third kappa shape index (κ3) is 5.48. The number of carbonyl (C=O) groups is 2. The number of nitrogens with zero attached hydrogens (tertiary/aromatic N) is 2. The second kappa shape index (κ2) is 9.97. The predicted octanol–water partition coefficient (Wildman–Crippen LogP) is 5.81. The van der Waals surface area contributed by atoms with Crippen LogP contribution in [0.5, 0.6) is 11.5 Å². The zero-order valence-electron chi connectivity index (χ0n) is 19.9. The molecule has 35 heavy (non-hydrogen) atoms. The lowest BCUT2D eigenvalue weighted by atomic mass is 10.0. The summed E-state index contributed by atoms with van der Waals surface area (Å²) in [5.74, 6) is 0.834. The molecule has 1 fully saturated rings. The number of non-ortho nitro benzene ring substituents is 1. The fourth-order valence-electron chi connectivity index (χ4n) is 4.07. The van der Waals surface area contributed by atoms with Gasteiger partial charge in [-0.25, -0.2) is 0 Å². The molecule has 4 rings (SSSR count). The van der Waals surface area contributed by atoms with Crippen LogP contribution in [0.2, 0.25) is 0 Å². The van der Waals surface area contributed by atoms with E-state index >= 15 is 0 Å². The van der Waals surface area contributed by atoms with E-state index < -0.39 is 10.8 Å². The lowest BCUT2D eigenvalue weighted by Crippen LogP contribution is -2.28. The van der Waals surface area contributed by atoms with Gasteiger partial charge in [0.05, 0.1) is 10.8 Å².